The van der Waals surface area contributed by atoms with Gasteiger partial charge in [-0.25, -0.2) is 0 Å². The molecular weight excluding hydrogens is 201 g/mol. The van der Waals surface area contributed by atoms with Gasteiger partial charge in [0.2, 0.25) is 0 Å². The Kier molecular flexibility index (Phi) is 2.86. The SMILES string of the molecule is C[C](c1ccc(Cl)cc1)C(F)(F)F. The number of alkyl halides is 3. The highest BCUT2D eigenvalue weighted by molar-refractivity contribution is 6.30. The molecule has 0 bridgehead atoms. The van der Waals surface area contributed by atoms with Crippen LogP contribution in [0, 0.1) is 5.92 Å². The first-order valence-corrected chi connectivity index (χ1v) is 3.96. The fourth-order valence-corrected chi connectivity index (χ4v) is 0.990. The standard InChI is InChI=1S/C9H7ClF3/c1-6(9(11,12)13)7-2-4-8(10)5-3-7/h2-5H,1H3. The molecule has 71 valence electrons. The quantitative estimate of drug-likeness (QED) is 0.656. The average molecular weight is 208 g/mol. The molecule has 0 saturated carbocycles. The van der Waals surface area contributed by atoms with Crippen LogP contribution in [0.4, 0.5) is 13.2 Å². The van der Waals surface area contributed by atoms with E-state index >= 15 is 0 Å². The summed E-state index contributed by atoms with van der Waals surface area (Å²) in [7, 11) is 0. The van der Waals surface area contributed by atoms with E-state index in [0.717, 1.165) is 6.92 Å². The van der Waals surface area contributed by atoms with Crippen molar-refractivity contribution in [3.63, 3.8) is 0 Å². The topological polar surface area (TPSA) is 0 Å². The summed E-state index contributed by atoms with van der Waals surface area (Å²) in [6.45, 7) is 1.04. The van der Waals surface area contributed by atoms with Crippen LogP contribution in [0.1, 0.15) is 12.5 Å². The fraction of sp³-hybridized carbons (Fsp3) is 0.222. The van der Waals surface area contributed by atoms with Crippen LogP contribution in [0.25, 0.3) is 0 Å². The van der Waals surface area contributed by atoms with Crippen molar-refractivity contribution in [3.8, 4) is 0 Å². The number of rotatable bonds is 1. The van der Waals surface area contributed by atoms with Gasteiger partial charge in [-0.1, -0.05) is 23.7 Å². The lowest BCUT2D eigenvalue weighted by Crippen LogP contribution is -2.18. The Balaban J connectivity index is 2.90. The summed E-state index contributed by atoms with van der Waals surface area (Å²) in [5.74, 6) is -0.607. The molecule has 0 aromatic heterocycles. The van der Waals surface area contributed by atoms with Gasteiger partial charge in [0.1, 0.15) is 5.92 Å². The predicted molar refractivity (Wildman–Crippen MR) is 45.5 cm³/mol. The van der Waals surface area contributed by atoms with E-state index in [1.807, 2.05) is 0 Å². The molecule has 1 aromatic rings. The molecule has 0 heterocycles. The first kappa shape index (κ1) is 10.4. The molecule has 0 aliphatic rings. The van der Waals surface area contributed by atoms with Gasteiger partial charge < -0.3 is 0 Å². The molecule has 0 saturated heterocycles. The van der Waals surface area contributed by atoms with E-state index in [0.29, 0.717) is 5.02 Å². The molecule has 0 fully saturated rings. The summed E-state index contributed by atoms with van der Waals surface area (Å²) in [5, 5.41) is 0.429. The maximum atomic E-state index is 12.2. The minimum absolute atomic E-state index is 0.150. The van der Waals surface area contributed by atoms with Crippen molar-refractivity contribution < 1.29 is 13.2 Å². The number of halogens is 4. The second-order valence-corrected chi connectivity index (χ2v) is 3.07. The van der Waals surface area contributed by atoms with Crippen molar-refractivity contribution in [3.05, 3.63) is 40.8 Å². The van der Waals surface area contributed by atoms with Gasteiger partial charge in [-0.2, -0.15) is 13.2 Å². The number of benzene rings is 1. The van der Waals surface area contributed by atoms with Crippen molar-refractivity contribution in [1.29, 1.82) is 0 Å². The summed E-state index contributed by atoms with van der Waals surface area (Å²) in [6.07, 6.45) is -4.27. The highest BCUT2D eigenvalue weighted by Gasteiger charge is 2.37. The maximum Gasteiger partial charge on any atom is 0.399 e. The van der Waals surface area contributed by atoms with Crippen molar-refractivity contribution in [1.82, 2.24) is 0 Å². The second kappa shape index (κ2) is 3.58. The summed E-state index contributed by atoms with van der Waals surface area (Å²) in [4.78, 5) is 0. The molecule has 0 spiro atoms. The third-order valence-corrected chi connectivity index (χ3v) is 1.95. The van der Waals surface area contributed by atoms with Gasteiger partial charge >= 0.3 is 6.18 Å². The highest BCUT2D eigenvalue weighted by atomic mass is 35.5. The smallest absolute Gasteiger partial charge is 0.170 e. The lowest BCUT2D eigenvalue weighted by atomic mass is 10.0. The highest BCUT2D eigenvalue weighted by Crippen LogP contribution is 2.33. The zero-order valence-electron chi connectivity index (χ0n) is 6.82. The van der Waals surface area contributed by atoms with Crippen LogP contribution in [-0.2, 0) is 0 Å². The summed E-state index contributed by atoms with van der Waals surface area (Å²) < 4.78 is 36.5. The Morgan fingerprint density at radius 2 is 1.62 bits per heavy atom. The van der Waals surface area contributed by atoms with Gasteiger partial charge in [0.05, 0.1) is 0 Å². The Labute approximate surface area is 79.3 Å². The van der Waals surface area contributed by atoms with E-state index in [1.165, 1.54) is 24.3 Å². The zero-order chi connectivity index (χ0) is 10.1. The Hall–Kier alpha value is -0.700. The molecule has 0 atom stereocenters. The van der Waals surface area contributed by atoms with Gasteiger partial charge in [0.25, 0.3) is 0 Å². The Bertz CT molecular complexity index is 276. The van der Waals surface area contributed by atoms with Gasteiger partial charge in [-0.05, 0) is 24.6 Å². The number of hydrogen-bond donors (Lipinski definition) is 0. The van der Waals surface area contributed by atoms with Crippen LogP contribution in [0.15, 0.2) is 24.3 Å². The van der Waals surface area contributed by atoms with Crippen molar-refractivity contribution in [2.75, 3.05) is 0 Å². The van der Waals surface area contributed by atoms with Crippen LogP contribution >= 0.6 is 11.6 Å². The molecule has 0 N–H and O–H groups in total. The molecule has 1 radical (unpaired) electrons. The first-order chi connectivity index (χ1) is 5.91. The van der Waals surface area contributed by atoms with Crippen LogP contribution in [0.2, 0.25) is 5.02 Å². The van der Waals surface area contributed by atoms with E-state index in [1.54, 1.807) is 0 Å². The lowest BCUT2D eigenvalue weighted by Gasteiger charge is -2.14. The third kappa shape index (κ3) is 2.62. The van der Waals surface area contributed by atoms with Gasteiger partial charge in [0, 0.05) is 5.02 Å². The molecule has 0 nitrogen and oxygen atoms in total. The van der Waals surface area contributed by atoms with Crippen molar-refractivity contribution in [2.24, 2.45) is 0 Å². The van der Waals surface area contributed by atoms with Crippen molar-refractivity contribution in [2.45, 2.75) is 13.1 Å². The van der Waals surface area contributed by atoms with Crippen LogP contribution in [-0.4, -0.2) is 6.18 Å². The molecule has 0 aliphatic carbocycles. The van der Waals surface area contributed by atoms with E-state index in [4.69, 9.17) is 11.6 Å². The van der Waals surface area contributed by atoms with Crippen molar-refractivity contribution >= 4 is 11.6 Å². The molecule has 13 heavy (non-hydrogen) atoms. The Morgan fingerprint density at radius 3 is 2.00 bits per heavy atom. The molecular formula is C9H7ClF3. The Morgan fingerprint density at radius 1 is 1.15 bits per heavy atom. The minimum atomic E-state index is -4.27. The van der Waals surface area contributed by atoms with E-state index in [-0.39, 0.29) is 5.56 Å². The molecule has 0 aliphatic heterocycles. The normalized spacial score (nSPS) is 12.2. The van der Waals surface area contributed by atoms with Gasteiger partial charge in [-0.15, -0.1) is 0 Å². The van der Waals surface area contributed by atoms with Crippen LogP contribution < -0.4 is 0 Å². The van der Waals surface area contributed by atoms with E-state index in [2.05, 4.69) is 0 Å². The second-order valence-electron chi connectivity index (χ2n) is 2.63. The summed E-state index contributed by atoms with van der Waals surface area (Å²) in [6, 6.07) is 5.58. The molecule has 1 aromatic carbocycles. The average Bonchev–Trinajstić information content (AvgIpc) is 2.03. The summed E-state index contributed by atoms with van der Waals surface area (Å²) in [5.41, 5.74) is 0.150. The lowest BCUT2D eigenvalue weighted by molar-refractivity contribution is -0.108. The maximum absolute atomic E-state index is 12.2. The fourth-order valence-electron chi connectivity index (χ4n) is 0.864. The van der Waals surface area contributed by atoms with Gasteiger partial charge in [-0.3, -0.25) is 0 Å². The van der Waals surface area contributed by atoms with E-state index < -0.39 is 12.1 Å². The number of hydrogen-bond acceptors (Lipinski definition) is 0. The monoisotopic (exact) mass is 207 g/mol. The largest absolute Gasteiger partial charge is 0.399 e. The molecule has 4 heteroatoms. The minimum Gasteiger partial charge on any atom is -0.170 e. The zero-order valence-corrected chi connectivity index (χ0v) is 7.58. The first-order valence-electron chi connectivity index (χ1n) is 3.58. The third-order valence-electron chi connectivity index (χ3n) is 1.70. The predicted octanol–water partition coefficient (Wildman–Crippen LogP) is 3.84. The summed E-state index contributed by atoms with van der Waals surface area (Å²) >= 11 is 5.54. The van der Waals surface area contributed by atoms with Crippen LogP contribution in [0.5, 0.6) is 0 Å². The molecule has 0 unspecified atom stereocenters. The van der Waals surface area contributed by atoms with Gasteiger partial charge in [0.15, 0.2) is 0 Å². The molecule has 1 rings (SSSR count). The van der Waals surface area contributed by atoms with Crippen LogP contribution in [0.3, 0.4) is 0 Å². The van der Waals surface area contributed by atoms with E-state index in [9.17, 15) is 13.2 Å². The molecule has 0 amide bonds.